The van der Waals surface area contributed by atoms with Gasteiger partial charge in [-0.3, -0.25) is 0 Å². The lowest BCUT2D eigenvalue weighted by Gasteiger charge is -2.09. The first-order chi connectivity index (χ1) is 7.66. The van der Waals surface area contributed by atoms with Gasteiger partial charge in [0.05, 0.1) is 19.8 Å². The molecule has 0 aromatic carbocycles. The van der Waals surface area contributed by atoms with Crippen LogP contribution in [0.5, 0.6) is 0 Å². The van der Waals surface area contributed by atoms with Gasteiger partial charge in [-0.15, -0.1) is 0 Å². The lowest BCUT2D eigenvalue weighted by Crippen LogP contribution is -2.39. The summed E-state index contributed by atoms with van der Waals surface area (Å²) >= 11 is 0. The van der Waals surface area contributed by atoms with Crippen LogP contribution in [-0.2, 0) is 9.47 Å². The summed E-state index contributed by atoms with van der Waals surface area (Å²) in [5.74, 6) is 0. The Morgan fingerprint density at radius 2 is 1.81 bits per heavy atom. The Hall–Kier alpha value is -0.850. The number of amides is 2. The number of hydrogen-bond donors (Lipinski definition) is 3. The molecule has 0 rings (SSSR count). The maximum atomic E-state index is 11.1. The Bertz CT molecular complexity index is 177. The van der Waals surface area contributed by atoms with Crippen LogP contribution < -0.4 is 16.4 Å². The average molecular weight is 233 g/mol. The van der Waals surface area contributed by atoms with Gasteiger partial charge in [-0.1, -0.05) is 0 Å². The minimum Gasteiger partial charge on any atom is -0.380 e. The van der Waals surface area contributed by atoms with E-state index in [-0.39, 0.29) is 12.1 Å². The van der Waals surface area contributed by atoms with Crippen molar-refractivity contribution >= 4 is 6.03 Å². The van der Waals surface area contributed by atoms with E-state index in [0.29, 0.717) is 39.5 Å². The molecule has 6 nitrogen and oxygen atoms in total. The zero-order chi connectivity index (χ0) is 12.2. The van der Waals surface area contributed by atoms with E-state index in [0.717, 1.165) is 0 Å². The molecule has 2 amide bonds. The van der Waals surface area contributed by atoms with Gasteiger partial charge in [0.2, 0.25) is 0 Å². The molecule has 0 radical (unpaired) electrons. The van der Waals surface area contributed by atoms with Crippen molar-refractivity contribution in [3.05, 3.63) is 0 Å². The van der Waals surface area contributed by atoms with Crippen LogP contribution in [0.4, 0.5) is 4.79 Å². The number of carbonyl (C=O) groups is 1. The molecule has 4 N–H and O–H groups in total. The summed E-state index contributed by atoms with van der Waals surface area (Å²) in [4.78, 5) is 11.1. The molecular weight excluding hydrogens is 210 g/mol. The highest BCUT2D eigenvalue weighted by molar-refractivity contribution is 5.73. The average Bonchev–Trinajstić information content (AvgIpc) is 2.23. The summed E-state index contributed by atoms with van der Waals surface area (Å²) < 4.78 is 10.3. The molecular formula is C10H23N3O3. The van der Waals surface area contributed by atoms with Crippen molar-refractivity contribution in [2.45, 2.75) is 19.9 Å². The van der Waals surface area contributed by atoms with Crippen molar-refractivity contribution in [1.82, 2.24) is 10.6 Å². The van der Waals surface area contributed by atoms with Crippen molar-refractivity contribution in [2.24, 2.45) is 5.73 Å². The van der Waals surface area contributed by atoms with Gasteiger partial charge < -0.3 is 25.8 Å². The number of ether oxygens (including phenoxy) is 2. The quantitative estimate of drug-likeness (QED) is 0.477. The van der Waals surface area contributed by atoms with Gasteiger partial charge in [0, 0.05) is 25.7 Å². The van der Waals surface area contributed by atoms with Crippen LogP contribution in [0.25, 0.3) is 0 Å². The summed E-state index contributed by atoms with van der Waals surface area (Å²) in [6, 6.07) is -0.177. The molecule has 0 aromatic heterocycles. The lowest BCUT2D eigenvalue weighted by atomic mass is 10.4. The third-order valence-electron chi connectivity index (χ3n) is 1.65. The van der Waals surface area contributed by atoms with Gasteiger partial charge in [0.15, 0.2) is 0 Å². The number of hydrogen-bond acceptors (Lipinski definition) is 4. The van der Waals surface area contributed by atoms with E-state index in [9.17, 15) is 4.79 Å². The molecule has 0 aliphatic carbocycles. The van der Waals surface area contributed by atoms with E-state index >= 15 is 0 Å². The van der Waals surface area contributed by atoms with E-state index in [1.54, 1.807) is 0 Å². The molecule has 0 heterocycles. The van der Waals surface area contributed by atoms with E-state index in [4.69, 9.17) is 15.2 Å². The SMILES string of the molecule is CCOCCNC(=O)NCCOCC(C)N. The fraction of sp³-hybridized carbons (Fsp3) is 0.900. The minimum atomic E-state index is -0.205. The van der Waals surface area contributed by atoms with Gasteiger partial charge >= 0.3 is 6.03 Å². The second-order valence-electron chi connectivity index (χ2n) is 3.43. The van der Waals surface area contributed by atoms with Gasteiger partial charge in [-0.25, -0.2) is 4.79 Å². The predicted molar refractivity (Wildman–Crippen MR) is 62.4 cm³/mol. The Morgan fingerprint density at radius 1 is 1.25 bits per heavy atom. The fourth-order valence-corrected chi connectivity index (χ4v) is 0.950. The standard InChI is InChI=1S/C10H23N3O3/c1-3-15-6-4-12-10(14)13-5-7-16-8-9(2)11/h9H,3-8,11H2,1-2H3,(H2,12,13,14). The van der Waals surface area contributed by atoms with Crippen LogP contribution in [0.1, 0.15) is 13.8 Å². The van der Waals surface area contributed by atoms with E-state index in [1.165, 1.54) is 0 Å². The van der Waals surface area contributed by atoms with Gasteiger partial charge in [0.25, 0.3) is 0 Å². The van der Waals surface area contributed by atoms with Crippen molar-refractivity contribution in [3.8, 4) is 0 Å². The number of rotatable bonds is 9. The third kappa shape index (κ3) is 11.2. The van der Waals surface area contributed by atoms with Crippen LogP contribution in [0.2, 0.25) is 0 Å². The molecule has 1 atom stereocenters. The molecule has 0 spiro atoms. The molecule has 0 aliphatic heterocycles. The number of nitrogens with two attached hydrogens (primary N) is 1. The molecule has 1 unspecified atom stereocenters. The third-order valence-corrected chi connectivity index (χ3v) is 1.65. The topological polar surface area (TPSA) is 85.6 Å². The lowest BCUT2D eigenvalue weighted by molar-refractivity contribution is 0.126. The molecule has 0 saturated carbocycles. The summed E-state index contributed by atoms with van der Waals surface area (Å²) in [5.41, 5.74) is 5.49. The van der Waals surface area contributed by atoms with Crippen molar-refractivity contribution in [2.75, 3.05) is 39.5 Å². The zero-order valence-corrected chi connectivity index (χ0v) is 10.1. The second-order valence-corrected chi connectivity index (χ2v) is 3.43. The number of urea groups is 1. The minimum absolute atomic E-state index is 0.0278. The van der Waals surface area contributed by atoms with Crippen LogP contribution in [-0.4, -0.2) is 51.6 Å². The van der Waals surface area contributed by atoms with E-state index in [2.05, 4.69) is 10.6 Å². The highest BCUT2D eigenvalue weighted by Crippen LogP contribution is 1.78. The molecule has 0 aliphatic rings. The van der Waals surface area contributed by atoms with Gasteiger partial charge in [-0.2, -0.15) is 0 Å². The maximum absolute atomic E-state index is 11.1. The monoisotopic (exact) mass is 233 g/mol. The van der Waals surface area contributed by atoms with E-state index < -0.39 is 0 Å². The molecule has 6 heteroatoms. The van der Waals surface area contributed by atoms with Crippen LogP contribution in [0.3, 0.4) is 0 Å². The maximum Gasteiger partial charge on any atom is 0.314 e. The van der Waals surface area contributed by atoms with Crippen molar-refractivity contribution in [1.29, 1.82) is 0 Å². The number of carbonyl (C=O) groups excluding carboxylic acids is 1. The van der Waals surface area contributed by atoms with Gasteiger partial charge in [0.1, 0.15) is 0 Å². The predicted octanol–water partition coefficient (Wildman–Crippen LogP) is -0.314. The van der Waals surface area contributed by atoms with Crippen molar-refractivity contribution in [3.63, 3.8) is 0 Å². The van der Waals surface area contributed by atoms with Crippen LogP contribution >= 0.6 is 0 Å². The van der Waals surface area contributed by atoms with Crippen LogP contribution in [0.15, 0.2) is 0 Å². The highest BCUT2D eigenvalue weighted by Gasteiger charge is 1.98. The first kappa shape index (κ1) is 15.2. The number of nitrogens with one attached hydrogen (secondary N) is 2. The van der Waals surface area contributed by atoms with Crippen molar-refractivity contribution < 1.29 is 14.3 Å². The second kappa shape index (κ2) is 10.7. The summed E-state index contributed by atoms with van der Waals surface area (Å²) in [5, 5.41) is 5.32. The Labute approximate surface area is 96.9 Å². The molecule has 0 bridgehead atoms. The highest BCUT2D eigenvalue weighted by atomic mass is 16.5. The summed E-state index contributed by atoms with van der Waals surface area (Å²) in [7, 11) is 0. The normalized spacial score (nSPS) is 12.2. The largest absolute Gasteiger partial charge is 0.380 e. The molecule has 0 fully saturated rings. The van der Waals surface area contributed by atoms with Gasteiger partial charge in [-0.05, 0) is 13.8 Å². The summed E-state index contributed by atoms with van der Waals surface area (Å²) in [6.07, 6.45) is 0. The Kier molecular flexibility index (Phi) is 10.1. The molecule has 0 saturated heterocycles. The Morgan fingerprint density at radius 3 is 2.31 bits per heavy atom. The zero-order valence-electron chi connectivity index (χ0n) is 10.1. The molecule has 16 heavy (non-hydrogen) atoms. The van der Waals surface area contributed by atoms with Crippen LogP contribution in [0, 0.1) is 0 Å². The molecule has 0 aromatic rings. The fourth-order valence-electron chi connectivity index (χ4n) is 0.950. The summed E-state index contributed by atoms with van der Waals surface area (Å²) in [6.45, 7) is 6.95. The first-order valence-electron chi connectivity index (χ1n) is 5.59. The Balaban J connectivity index is 3.17. The van der Waals surface area contributed by atoms with E-state index in [1.807, 2.05) is 13.8 Å². The molecule has 96 valence electrons. The smallest absolute Gasteiger partial charge is 0.314 e. The first-order valence-corrected chi connectivity index (χ1v) is 5.59.